The molecule has 0 aliphatic heterocycles. The lowest BCUT2D eigenvalue weighted by atomic mass is 10.1. The van der Waals surface area contributed by atoms with Crippen LogP contribution in [0.2, 0.25) is 0 Å². The second-order valence-corrected chi connectivity index (χ2v) is 5.45. The van der Waals surface area contributed by atoms with Gasteiger partial charge in [-0.25, -0.2) is 4.79 Å². The Morgan fingerprint density at radius 3 is 2.32 bits per heavy atom. The molecule has 0 aliphatic rings. The Morgan fingerprint density at radius 2 is 1.75 bits per heavy atom. The molecule has 0 amide bonds. The summed E-state index contributed by atoms with van der Waals surface area (Å²) in [6, 6.07) is 6.90. The number of nitro groups is 2. The Balaban J connectivity index is 2.26. The van der Waals surface area contributed by atoms with E-state index in [1.54, 1.807) is 0 Å². The van der Waals surface area contributed by atoms with E-state index in [4.69, 9.17) is 0 Å². The fourth-order valence-electron chi connectivity index (χ4n) is 2.19. The molecule has 0 radical (unpaired) electrons. The summed E-state index contributed by atoms with van der Waals surface area (Å²) < 4.78 is 4.40. The van der Waals surface area contributed by atoms with Gasteiger partial charge in [0.2, 0.25) is 0 Å². The number of phenolic OH excluding ortho intramolecular Hbond substituents is 1. The number of esters is 1. The van der Waals surface area contributed by atoms with Crippen molar-refractivity contribution < 1.29 is 29.6 Å². The van der Waals surface area contributed by atoms with Crippen LogP contribution >= 0.6 is 0 Å². The van der Waals surface area contributed by atoms with Crippen molar-refractivity contribution >= 4 is 28.7 Å². The van der Waals surface area contributed by atoms with Gasteiger partial charge in [0.05, 0.1) is 23.0 Å². The predicted octanol–water partition coefficient (Wildman–Crippen LogP) is 2.70. The van der Waals surface area contributed by atoms with Gasteiger partial charge in [-0.1, -0.05) is 6.07 Å². The third kappa shape index (κ3) is 4.82. The molecule has 0 fully saturated rings. The van der Waals surface area contributed by atoms with Gasteiger partial charge in [0, 0.05) is 12.5 Å². The second kappa shape index (κ2) is 8.64. The van der Waals surface area contributed by atoms with Gasteiger partial charge in [0.15, 0.2) is 11.8 Å². The van der Waals surface area contributed by atoms with Gasteiger partial charge in [0.25, 0.3) is 5.69 Å². The van der Waals surface area contributed by atoms with E-state index >= 15 is 0 Å². The number of rotatable bonds is 7. The molecule has 12 nitrogen and oxygen atoms in total. The third-order valence-electron chi connectivity index (χ3n) is 3.57. The summed E-state index contributed by atoms with van der Waals surface area (Å²) >= 11 is 0. The number of hydrogen-bond acceptors (Lipinski definition) is 10. The molecule has 1 atom stereocenters. The van der Waals surface area contributed by atoms with E-state index in [0.717, 1.165) is 25.3 Å². The van der Waals surface area contributed by atoms with E-state index < -0.39 is 33.3 Å². The first-order chi connectivity index (χ1) is 13.2. The van der Waals surface area contributed by atoms with E-state index in [0.29, 0.717) is 5.56 Å². The van der Waals surface area contributed by atoms with Crippen molar-refractivity contribution in [3.63, 3.8) is 0 Å². The van der Waals surface area contributed by atoms with E-state index in [1.807, 2.05) is 0 Å². The number of aliphatic hydroxyl groups excluding tert-OH is 1. The van der Waals surface area contributed by atoms with Crippen molar-refractivity contribution in [1.29, 1.82) is 0 Å². The van der Waals surface area contributed by atoms with Crippen LogP contribution in [0.1, 0.15) is 5.56 Å². The van der Waals surface area contributed by atoms with Crippen LogP contribution in [-0.4, -0.2) is 39.2 Å². The number of aliphatic hydroxyl groups is 1. The molecule has 0 aliphatic carbocycles. The summed E-state index contributed by atoms with van der Waals surface area (Å²) in [4.78, 5) is 31.4. The van der Waals surface area contributed by atoms with Crippen molar-refractivity contribution in [2.75, 3.05) is 7.11 Å². The van der Waals surface area contributed by atoms with E-state index in [1.165, 1.54) is 18.2 Å². The Kier molecular flexibility index (Phi) is 6.29. The number of non-ortho nitro benzene ring substituents is 1. The van der Waals surface area contributed by atoms with Gasteiger partial charge in [-0.05, 0) is 23.8 Å². The summed E-state index contributed by atoms with van der Waals surface area (Å²) in [5.41, 5.74) is -0.947. The molecule has 0 aromatic heterocycles. The molecule has 2 rings (SSSR count). The number of nitro benzene ring substituents is 2. The fourth-order valence-corrected chi connectivity index (χ4v) is 2.19. The molecule has 2 aromatic carbocycles. The molecule has 0 heterocycles. The number of carbonyl (C=O) groups is 1. The molecule has 28 heavy (non-hydrogen) atoms. The highest BCUT2D eigenvalue weighted by atomic mass is 16.6. The quantitative estimate of drug-likeness (QED) is 0.313. The number of carbonyl (C=O) groups excluding carboxylic acids is 1. The van der Waals surface area contributed by atoms with Gasteiger partial charge in [-0.3, -0.25) is 20.2 Å². The van der Waals surface area contributed by atoms with Crippen LogP contribution in [0.3, 0.4) is 0 Å². The largest absolute Gasteiger partial charge is 0.506 e. The van der Waals surface area contributed by atoms with E-state index in [-0.39, 0.29) is 23.5 Å². The smallest absolute Gasteiger partial charge is 0.335 e. The van der Waals surface area contributed by atoms with Gasteiger partial charge >= 0.3 is 11.7 Å². The average Bonchev–Trinajstić information content (AvgIpc) is 2.66. The maximum atomic E-state index is 11.2. The van der Waals surface area contributed by atoms with Crippen molar-refractivity contribution in [1.82, 2.24) is 0 Å². The zero-order valence-corrected chi connectivity index (χ0v) is 14.4. The van der Waals surface area contributed by atoms with Crippen LogP contribution in [0.4, 0.5) is 22.7 Å². The second-order valence-electron chi connectivity index (χ2n) is 5.45. The highest BCUT2D eigenvalue weighted by Gasteiger charge is 2.20. The van der Waals surface area contributed by atoms with Gasteiger partial charge in [0.1, 0.15) is 11.4 Å². The Labute approximate surface area is 157 Å². The standard InChI is InChI=1S/C16H14N4O8/c1-28-16(23)15(22)7-9-2-4-12(14(21)6-9)18-17-11-5-3-10(19(24)25)8-13(11)20(26)27/h2-6,8,15,21-22H,7H2,1H3/t15-/m1/s1. The molecule has 0 bridgehead atoms. The Bertz CT molecular complexity index is 960. The molecular formula is C16H14N4O8. The minimum Gasteiger partial charge on any atom is -0.506 e. The molecule has 146 valence electrons. The first-order valence-corrected chi connectivity index (χ1v) is 7.65. The normalized spacial score (nSPS) is 11.9. The topological polar surface area (TPSA) is 178 Å². The lowest BCUT2D eigenvalue weighted by Crippen LogP contribution is -2.23. The highest BCUT2D eigenvalue weighted by Crippen LogP contribution is 2.34. The SMILES string of the molecule is COC(=O)[C@H](O)Cc1ccc(N=Nc2ccc([N+](=O)[O-])cc2[N+](=O)[O-])c(O)c1. The number of aromatic hydroxyl groups is 1. The summed E-state index contributed by atoms with van der Waals surface area (Å²) in [5.74, 6) is -1.17. The number of methoxy groups -OCH3 is 1. The minimum absolute atomic E-state index is 0.0380. The lowest BCUT2D eigenvalue weighted by Gasteiger charge is -2.09. The summed E-state index contributed by atoms with van der Waals surface area (Å²) in [5, 5.41) is 48.8. The van der Waals surface area contributed by atoms with Crippen LogP contribution in [0.5, 0.6) is 5.75 Å². The minimum atomic E-state index is -1.40. The van der Waals surface area contributed by atoms with Gasteiger partial charge in [-0.15, -0.1) is 10.2 Å². The Hall–Kier alpha value is -3.93. The van der Waals surface area contributed by atoms with Crippen LogP contribution in [0, 0.1) is 20.2 Å². The number of ether oxygens (including phenoxy) is 1. The van der Waals surface area contributed by atoms with Crippen LogP contribution in [0.25, 0.3) is 0 Å². The molecule has 2 aromatic rings. The van der Waals surface area contributed by atoms with E-state index in [2.05, 4.69) is 15.0 Å². The zero-order valence-electron chi connectivity index (χ0n) is 14.4. The average molecular weight is 390 g/mol. The molecule has 0 unspecified atom stereocenters. The number of phenols is 1. The first kappa shape index (κ1) is 20.4. The zero-order chi connectivity index (χ0) is 20.8. The summed E-state index contributed by atoms with van der Waals surface area (Å²) in [6.07, 6.45) is -1.51. The third-order valence-corrected chi connectivity index (χ3v) is 3.57. The van der Waals surface area contributed by atoms with Gasteiger partial charge in [-0.2, -0.15) is 0 Å². The number of nitrogens with zero attached hydrogens (tertiary/aromatic N) is 4. The van der Waals surface area contributed by atoms with Crippen molar-refractivity contribution in [3.8, 4) is 5.75 Å². The predicted molar refractivity (Wildman–Crippen MR) is 93.8 cm³/mol. The molecule has 0 saturated carbocycles. The van der Waals surface area contributed by atoms with Crippen LogP contribution < -0.4 is 0 Å². The molecular weight excluding hydrogens is 376 g/mol. The first-order valence-electron chi connectivity index (χ1n) is 7.65. The molecule has 0 saturated heterocycles. The fraction of sp³-hybridized carbons (Fsp3) is 0.188. The Morgan fingerprint density at radius 1 is 1.11 bits per heavy atom. The molecule has 0 spiro atoms. The summed E-state index contributed by atoms with van der Waals surface area (Å²) in [6.45, 7) is 0. The maximum absolute atomic E-state index is 11.2. The van der Waals surface area contributed by atoms with Crippen LogP contribution in [0.15, 0.2) is 46.6 Å². The monoisotopic (exact) mass is 390 g/mol. The number of benzene rings is 2. The van der Waals surface area contributed by atoms with Crippen LogP contribution in [-0.2, 0) is 16.0 Å². The number of azo groups is 1. The van der Waals surface area contributed by atoms with Crippen molar-refractivity contribution in [2.24, 2.45) is 10.2 Å². The summed E-state index contributed by atoms with van der Waals surface area (Å²) in [7, 11) is 1.13. The molecule has 2 N–H and O–H groups in total. The van der Waals surface area contributed by atoms with Gasteiger partial charge < -0.3 is 14.9 Å². The number of hydrogen-bond donors (Lipinski definition) is 2. The van der Waals surface area contributed by atoms with E-state index in [9.17, 15) is 35.2 Å². The van der Waals surface area contributed by atoms with Crippen molar-refractivity contribution in [2.45, 2.75) is 12.5 Å². The highest BCUT2D eigenvalue weighted by molar-refractivity contribution is 5.74. The van der Waals surface area contributed by atoms with Crippen molar-refractivity contribution in [3.05, 3.63) is 62.2 Å². The molecule has 12 heteroatoms. The lowest BCUT2D eigenvalue weighted by molar-refractivity contribution is -0.393. The maximum Gasteiger partial charge on any atom is 0.335 e.